The molecule has 1 aliphatic rings. The van der Waals surface area contributed by atoms with Crippen LogP contribution in [0.15, 0.2) is 30.9 Å². The number of anilines is 1. The van der Waals surface area contributed by atoms with Gasteiger partial charge >= 0.3 is 0 Å². The van der Waals surface area contributed by atoms with Crippen molar-refractivity contribution in [2.24, 2.45) is 12.8 Å². The molecule has 1 saturated heterocycles. The maximum absolute atomic E-state index is 11.6. The van der Waals surface area contributed by atoms with E-state index in [1.54, 1.807) is 10.9 Å². The number of carbonyl (C=O) groups excluding carboxylic acids is 1. The third kappa shape index (κ3) is 2.55. The van der Waals surface area contributed by atoms with Crippen LogP contribution < -0.4 is 10.6 Å². The highest BCUT2D eigenvalue weighted by Gasteiger charge is 2.36. The van der Waals surface area contributed by atoms with Crippen molar-refractivity contribution in [3.05, 3.63) is 42.0 Å². The molecule has 7 heteroatoms. The number of hydrogen-bond acceptors (Lipinski definition) is 5. The van der Waals surface area contributed by atoms with Gasteiger partial charge in [-0.05, 0) is 13.0 Å². The van der Waals surface area contributed by atoms with Gasteiger partial charge in [0, 0.05) is 37.7 Å². The van der Waals surface area contributed by atoms with Crippen molar-refractivity contribution in [3.63, 3.8) is 0 Å². The standard InChI is InChI=1S/C15H19N5O2/c1-15(11-7-18-19(2)9-11)10-20(5-6-22-15)13-3-4-17-8-12(13)14(16)21/h3-4,7-9H,5-6,10H2,1-2H3,(H2,16,21). The first-order chi connectivity index (χ1) is 10.5. The highest BCUT2D eigenvalue weighted by atomic mass is 16.5. The number of pyridine rings is 1. The number of aromatic nitrogens is 3. The van der Waals surface area contributed by atoms with E-state index in [0.29, 0.717) is 25.3 Å². The number of nitrogens with zero attached hydrogens (tertiary/aromatic N) is 4. The molecule has 0 aliphatic carbocycles. The number of primary amides is 1. The highest BCUT2D eigenvalue weighted by molar-refractivity contribution is 5.98. The zero-order chi connectivity index (χ0) is 15.7. The van der Waals surface area contributed by atoms with Crippen LogP contribution in [0.4, 0.5) is 5.69 Å². The molecule has 0 spiro atoms. The van der Waals surface area contributed by atoms with Gasteiger partial charge in [-0.2, -0.15) is 5.10 Å². The summed E-state index contributed by atoms with van der Waals surface area (Å²) in [5.74, 6) is -0.474. The van der Waals surface area contributed by atoms with E-state index >= 15 is 0 Å². The molecule has 1 unspecified atom stereocenters. The van der Waals surface area contributed by atoms with E-state index in [4.69, 9.17) is 10.5 Å². The summed E-state index contributed by atoms with van der Waals surface area (Å²) in [6.07, 6.45) is 6.93. The molecule has 7 nitrogen and oxygen atoms in total. The molecule has 116 valence electrons. The van der Waals surface area contributed by atoms with Crippen molar-refractivity contribution in [1.29, 1.82) is 0 Å². The summed E-state index contributed by atoms with van der Waals surface area (Å²) < 4.78 is 7.74. The van der Waals surface area contributed by atoms with Crippen LogP contribution in [0, 0.1) is 0 Å². The summed E-state index contributed by atoms with van der Waals surface area (Å²) in [6, 6.07) is 1.81. The average molecular weight is 301 g/mol. The molecule has 0 bridgehead atoms. The van der Waals surface area contributed by atoms with E-state index in [1.165, 1.54) is 6.20 Å². The van der Waals surface area contributed by atoms with Gasteiger partial charge in [0.25, 0.3) is 5.91 Å². The molecule has 0 aromatic carbocycles. The maximum atomic E-state index is 11.6. The van der Waals surface area contributed by atoms with Gasteiger partial charge < -0.3 is 15.4 Å². The second kappa shape index (κ2) is 5.42. The summed E-state index contributed by atoms with van der Waals surface area (Å²) in [5.41, 5.74) is 7.20. The number of hydrogen-bond donors (Lipinski definition) is 1. The number of ether oxygens (including phenoxy) is 1. The molecular weight excluding hydrogens is 282 g/mol. The van der Waals surface area contributed by atoms with Gasteiger partial charge in [-0.25, -0.2) is 0 Å². The predicted octanol–water partition coefficient (Wildman–Crippen LogP) is 0.666. The summed E-state index contributed by atoms with van der Waals surface area (Å²) in [6.45, 7) is 3.90. The van der Waals surface area contributed by atoms with Crippen LogP contribution in [0.1, 0.15) is 22.8 Å². The minimum atomic E-state index is -0.481. The van der Waals surface area contributed by atoms with Crippen molar-refractivity contribution in [1.82, 2.24) is 14.8 Å². The molecule has 0 radical (unpaired) electrons. The maximum Gasteiger partial charge on any atom is 0.252 e. The predicted molar refractivity (Wildman–Crippen MR) is 81.5 cm³/mol. The van der Waals surface area contributed by atoms with E-state index in [9.17, 15) is 4.79 Å². The largest absolute Gasteiger partial charge is 0.367 e. The van der Waals surface area contributed by atoms with Crippen LogP contribution in [0.25, 0.3) is 0 Å². The summed E-state index contributed by atoms with van der Waals surface area (Å²) in [5, 5.41) is 4.21. The molecule has 1 aliphatic heterocycles. The summed E-state index contributed by atoms with van der Waals surface area (Å²) in [4.78, 5) is 17.7. The molecule has 1 fully saturated rings. The lowest BCUT2D eigenvalue weighted by molar-refractivity contribution is -0.0466. The van der Waals surface area contributed by atoms with Crippen molar-refractivity contribution >= 4 is 11.6 Å². The van der Waals surface area contributed by atoms with Gasteiger partial charge in [-0.3, -0.25) is 14.5 Å². The van der Waals surface area contributed by atoms with Gasteiger partial charge in [0.1, 0.15) is 5.60 Å². The van der Waals surface area contributed by atoms with Gasteiger partial charge in [0.15, 0.2) is 0 Å². The molecule has 0 saturated carbocycles. The fourth-order valence-corrected chi connectivity index (χ4v) is 2.80. The van der Waals surface area contributed by atoms with Gasteiger partial charge in [0.05, 0.1) is 30.6 Å². The van der Waals surface area contributed by atoms with E-state index < -0.39 is 11.5 Å². The normalized spacial score (nSPS) is 21.8. The monoisotopic (exact) mass is 301 g/mol. The number of rotatable bonds is 3. The SMILES string of the molecule is Cn1cc(C2(C)CN(c3ccncc3C(N)=O)CCO2)cn1. The third-order valence-electron chi connectivity index (χ3n) is 3.99. The lowest BCUT2D eigenvalue weighted by Gasteiger charge is -2.41. The molecular formula is C15H19N5O2. The Morgan fingerprint density at radius 3 is 2.95 bits per heavy atom. The summed E-state index contributed by atoms with van der Waals surface area (Å²) in [7, 11) is 1.88. The highest BCUT2D eigenvalue weighted by Crippen LogP contribution is 2.32. The Balaban J connectivity index is 1.92. The Hall–Kier alpha value is -2.41. The van der Waals surface area contributed by atoms with Gasteiger partial charge in [-0.1, -0.05) is 0 Å². The van der Waals surface area contributed by atoms with E-state index in [-0.39, 0.29) is 0 Å². The number of aryl methyl sites for hydroxylation is 1. The van der Waals surface area contributed by atoms with Crippen molar-refractivity contribution in [2.75, 3.05) is 24.6 Å². The quantitative estimate of drug-likeness (QED) is 0.900. The zero-order valence-corrected chi connectivity index (χ0v) is 12.7. The van der Waals surface area contributed by atoms with Gasteiger partial charge in [0.2, 0.25) is 0 Å². The van der Waals surface area contributed by atoms with E-state index in [1.807, 2.05) is 32.4 Å². The Morgan fingerprint density at radius 2 is 2.27 bits per heavy atom. The Morgan fingerprint density at radius 1 is 1.45 bits per heavy atom. The fourth-order valence-electron chi connectivity index (χ4n) is 2.80. The number of nitrogens with two attached hydrogens (primary N) is 1. The second-order valence-electron chi connectivity index (χ2n) is 5.66. The Bertz CT molecular complexity index is 699. The molecule has 3 rings (SSSR count). The van der Waals surface area contributed by atoms with Crippen LogP contribution in [-0.2, 0) is 17.4 Å². The lowest BCUT2D eigenvalue weighted by atomic mass is 9.96. The first-order valence-electron chi connectivity index (χ1n) is 7.11. The van der Waals surface area contributed by atoms with E-state index in [0.717, 1.165) is 11.3 Å². The molecule has 2 aromatic rings. The molecule has 1 amide bonds. The molecule has 2 N–H and O–H groups in total. The Kier molecular flexibility index (Phi) is 3.58. The topological polar surface area (TPSA) is 86.3 Å². The van der Waals surface area contributed by atoms with Crippen molar-refractivity contribution in [3.8, 4) is 0 Å². The first kappa shape index (κ1) is 14.5. The fraction of sp³-hybridized carbons (Fsp3) is 0.400. The van der Waals surface area contributed by atoms with E-state index in [2.05, 4.69) is 15.0 Å². The molecule has 3 heterocycles. The summed E-state index contributed by atoms with van der Waals surface area (Å²) >= 11 is 0. The minimum absolute atomic E-state index is 0.429. The van der Waals surface area contributed by atoms with Gasteiger partial charge in [-0.15, -0.1) is 0 Å². The van der Waals surface area contributed by atoms with Crippen LogP contribution in [0.2, 0.25) is 0 Å². The third-order valence-corrected chi connectivity index (χ3v) is 3.99. The molecule has 1 atom stereocenters. The average Bonchev–Trinajstić information content (AvgIpc) is 2.95. The second-order valence-corrected chi connectivity index (χ2v) is 5.66. The number of carbonyl (C=O) groups is 1. The van der Waals surface area contributed by atoms with Crippen molar-refractivity contribution < 1.29 is 9.53 Å². The van der Waals surface area contributed by atoms with Crippen LogP contribution >= 0.6 is 0 Å². The lowest BCUT2D eigenvalue weighted by Crippen LogP contribution is -2.48. The van der Waals surface area contributed by atoms with Crippen molar-refractivity contribution in [2.45, 2.75) is 12.5 Å². The zero-order valence-electron chi connectivity index (χ0n) is 12.7. The Labute approximate surface area is 128 Å². The minimum Gasteiger partial charge on any atom is -0.367 e. The van der Waals surface area contributed by atoms with Crippen LogP contribution in [-0.4, -0.2) is 40.4 Å². The van der Waals surface area contributed by atoms with Crippen LogP contribution in [0.5, 0.6) is 0 Å². The smallest absolute Gasteiger partial charge is 0.252 e. The molecule has 2 aromatic heterocycles. The first-order valence-corrected chi connectivity index (χ1v) is 7.11. The molecule has 22 heavy (non-hydrogen) atoms. The van der Waals surface area contributed by atoms with Crippen LogP contribution in [0.3, 0.4) is 0 Å². The number of morpholine rings is 1. The number of amides is 1.